The van der Waals surface area contributed by atoms with Crippen molar-refractivity contribution in [1.82, 2.24) is 0 Å². The molecule has 3 N–H and O–H groups in total. The summed E-state index contributed by atoms with van der Waals surface area (Å²) in [5.74, 6) is -2.72. The SMILES string of the molecule is N=C(N)C(=O)C1CCN(c2ccc(F)c(F)c2)CC1. The van der Waals surface area contributed by atoms with Crippen molar-refractivity contribution in [2.75, 3.05) is 18.0 Å². The Morgan fingerprint density at radius 3 is 2.42 bits per heavy atom. The number of Topliss-reactive ketones (excluding diaryl/α,β-unsaturated/α-hetero) is 1. The Labute approximate surface area is 109 Å². The van der Waals surface area contributed by atoms with Gasteiger partial charge in [0.25, 0.3) is 0 Å². The van der Waals surface area contributed by atoms with Gasteiger partial charge < -0.3 is 10.6 Å². The van der Waals surface area contributed by atoms with E-state index in [2.05, 4.69) is 0 Å². The fraction of sp³-hybridized carbons (Fsp3) is 0.385. The lowest BCUT2D eigenvalue weighted by Crippen LogP contribution is -2.40. The van der Waals surface area contributed by atoms with Crippen molar-refractivity contribution in [3.05, 3.63) is 29.8 Å². The predicted octanol–water partition coefficient (Wildman–Crippen LogP) is 1.69. The number of nitrogens with zero attached hydrogens (tertiary/aromatic N) is 1. The van der Waals surface area contributed by atoms with E-state index in [1.165, 1.54) is 6.07 Å². The van der Waals surface area contributed by atoms with Crippen LogP contribution < -0.4 is 10.6 Å². The smallest absolute Gasteiger partial charge is 0.200 e. The van der Waals surface area contributed by atoms with Gasteiger partial charge in [0.15, 0.2) is 23.3 Å². The fourth-order valence-corrected chi connectivity index (χ4v) is 2.30. The third-order valence-electron chi connectivity index (χ3n) is 3.40. The normalized spacial score (nSPS) is 16.4. The topological polar surface area (TPSA) is 70.2 Å². The molecule has 19 heavy (non-hydrogen) atoms. The summed E-state index contributed by atoms with van der Waals surface area (Å²) < 4.78 is 26.0. The van der Waals surface area contributed by atoms with Crippen molar-refractivity contribution >= 4 is 17.3 Å². The molecule has 0 unspecified atom stereocenters. The van der Waals surface area contributed by atoms with Crippen LogP contribution in [-0.2, 0) is 4.79 Å². The highest BCUT2D eigenvalue weighted by molar-refractivity contribution is 6.37. The molecule has 2 rings (SSSR count). The van der Waals surface area contributed by atoms with Crippen LogP contribution in [0.4, 0.5) is 14.5 Å². The number of nitrogens with two attached hydrogens (primary N) is 1. The minimum Gasteiger partial charge on any atom is -0.381 e. The zero-order valence-electron chi connectivity index (χ0n) is 10.3. The molecule has 0 amide bonds. The Hall–Kier alpha value is -1.98. The highest BCUT2D eigenvalue weighted by atomic mass is 19.2. The number of carbonyl (C=O) groups is 1. The first-order valence-corrected chi connectivity index (χ1v) is 6.07. The van der Waals surface area contributed by atoms with E-state index >= 15 is 0 Å². The number of anilines is 1. The van der Waals surface area contributed by atoms with Crippen LogP contribution in [0, 0.1) is 23.0 Å². The van der Waals surface area contributed by atoms with Crippen LogP contribution in [0.15, 0.2) is 18.2 Å². The van der Waals surface area contributed by atoms with Gasteiger partial charge in [0.1, 0.15) is 0 Å². The lowest BCUT2D eigenvalue weighted by molar-refractivity contribution is -0.117. The molecule has 1 aliphatic rings. The van der Waals surface area contributed by atoms with Crippen molar-refractivity contribution in [1.29, 1.82) is 5.41 Å². The van der Waals surface area contributed by atoms with Crippen molar-refractivity contribution in [2.24, 2.45) is 11.7 Å². The second-order valence-corrected chi connectivity index (χ2v) is 4.64. The minimum absolute atomic E-state index is 0.237. The molecule has 4 nitrogen and oxygen atoms in total. The summed E-state index contributed by atoms with van der Waals surface area (Å²) in [6, 6.07) is 3.77. The first kappa shape index (κ1) is 13.5. The molecule has 1 aromatic carbocycles. The van der Waals surface area contributed by atoms with Crippen LogP contribution in [0.1, 0.15) is 12.8 Å². The van der Waals surface area contributed by atoms with E-state index in [1.54, 1.807) is 0 Å². The predicted molar refractivity (Wildman–Crippen MR) is 68.2 cm³/mol. The molecule has 1 heterocycles. The third kappa shape index (κ3) is 2.89. The molecule has 0 saturated carbocycles. The molecule has 0 radical (unpaired) electrons. The Balaban J connectivity index is 2.01. The molecule has 6 heteroatoms. The van der Waals surface area contributed by atoms with E-state index in [0.29, 0.717) is 31.6 Å². The van der Waals surface area contributed by atoms with Gasteiger partial charge in [-0.15, -0.1) is 0 Å². The average Bonchev–Trinajstić information content (AvgIpc) is 2.41. The molecule has 0 aliphatic carbocycles. The Kier molecular flexibility index (Phi) is 3.78. The molecule has 0 aromatic heterocycles. The summed E-state index contributed by atoms with van der Waals surface area (Å²) in [6.45, 7) is 1.13. The zero-order chi connectivity index (χ0) is 14.0. The first-order valence-electron chi connectivity index (χ1n) is 6.07. The average molecular weight is 267 g/mol. The number of amidine groups is 1. The summed E-state index contributed by atoms with van der Waals surface area (Å²) in [5.41, 5.74) is 5.78. The van der Waals surface area contributed by atoms with Gasteiger partial charge in [-0.05, 0) is 25.0 Å². The zero-order valence-corrected chi connectivity index (χ0v) is 10.3. The van der Waals surface area contributed by atoms with Crippen molar-refractivity contribution < 1.29 is 13.6 Å². The highest BCUT2D eigenvalue weighted by Crippen LogP contribution is 2.25. The van der Waals surface area contributed by atoms with Gasteiger partial charge in [-0.2, -0.15) is 0 Å². The largest absolute Gasteiger partial charge is 0.381 e. The maximum Gasteiger partial charge on any atom is 0.200 e. The number of piperidine rings is 1. The van der Waals surface area contributed by atoms with Gasteiger partial charge >= 0.3 is 0 Å². The second-order valence-electron chi connectivity index (χ2n) is 4.64. The molecule has 0 atom stereocenters. The van der Waals surface area contributed by atoms with Crippen molar-refractivity contribution in [2.45, 2.75) is 12.8 Å². The maximum atomic E-state index is 13.1. The second kappa shape index (κ2) is 5.34. The molecule has 0 bridgehead atoms. The van der Waals surface area contributed by atoms with E-state index in [0.717, 1.165) is 12.1 Å². The van der Waals surface area contributed by atoms with Gasteiger partial charge in [0, 0.05) is 30.8 Å². The Morgan fingerprint density at radius 2 is 1.89 bits per heavy atom. The molecule has 1 fully saturated rings. The van der Waals surface area contributed by atoms with E-state index in [1.807, 2.05) is 4.90 Å². The summed E-state index contributed by atoms with van der Waals surface area (Å²) in [5, 5.41) is 7.13. The Bertz CT molecular complexity index is 511. The number of nitrogens with one attached hydrogen (secondary N) is 1. The molecule has 1 saturated heterocycles. The van der Waals surface area contributed by atoms with E-state index in [4.69, 9.17) is 11.1 Å². The van der Waals surface area contributed by atoms with Gasteiger partial charge in [0.05, 0.1) is 0 Å². The monoisotopic (exact) mass is 267 g/mol. The molecule has 1 aromatic rings. The fourth-order valence-electron chi connectivity index (χ4n) is 2.30. The summed E-state index contributed by atoms with van der Waals surface area (Å²) >= 11 is 0. The number of carbonyl (C=O) groups excluding carboxylic acids is 1. The molecule has 102 valence electrons. The minimum atomic E-state index is -0.876. The molecular weight excluding hydrogens is 252 g/mol. The maximum absolute atomic E-state index is 13.1. The van der Waals surface area contributed by atoms with E-state index in [9.17, 15) is 13.6 Å². The van der Waals surface area contributed by atoms with Gasteiger partial charge in [-0.1, -0.05) is 0 Å². The summed E-state index contributed by atoms with van der Waals surface area (Å²) in [4.78, 5) is 13.5. The lowest BCUT2D eigenvalue weighted by atomic mass is 9.91. The summed E-state index contributed by atoms with van der Waals surface area (Å²) in [7, 11) is 0. The van der Waals surface area contributed by atoms with E-state index in [-0.39, 0.29) is 11.7 Å². The number of halogens is 2. The van der Waals surface area contributed by atoms with Crippen LogP contribution in [0.3, 0.4) is 0 Å². The molecule has 0 spiro atoms. The van der Waals surface area contributed by atoms with Crippen LogP contribution in [0.2, 0.25) is 0 Å². The lowest BCUT2D eigenvalue weighted by Gasteiger charge is -2.32. The third-order valence-corrected chi connectivity index (χ3v) is 3.40. The molecule has 1 aliphatic heterocycles. The van der Waals surface area contributed by atoms with Crippen LogP contribution in [0.25, 0.3) is 0 Å². The number of ketones is 1. The number of benzene rings is 1. The van der Waals surface area contributed by atoms with Gasteiger partial charge in [0.2, 0.25) is 0 Å². The van der Waals surface area contributed by atoms with E-state index < -0.39 is 17.5 Å². The van der Waals surface area contributed by atoms with Crippen molar-refractivity contribution in [3.8, 4) is 0 Å². The number of hydrogen-bond acceptors (Lipinski definition) is 3. The quantitative estimate of drug-likeness (QED) is 0.646. The first-order chi connectivity index (χ1) is 8.99. The van der Waals surface area contributed by atoms with Gasteiger partial charge in [-0.25, -0.2) is 8.78 Å². The summed E-state index contributed by atoms with van der Waals surface area (Å²) in [6.07, 6.45) is 1.13. The van der Waals surface area contributed by atoms with Crippen LogP contribution >= 0.6 is 0 Å². The number of hydrogen-bond donors (Lipinski definition) is 2. The highest BCUT2D eigenvalue weighted by Gasteiger charge is 2.26. The Morgan fingerprint density at radius 1 is 1.26 bits per heavy atom. The standard InChI is InChI=1S/C13H15F2N3O/c14-10-2-1-9(7-11(10)15)18-5-3-8(4-6-18)12(19)13(16)17/h1-2,7-8H,3-6H2,(H3,16,17). The molecular formula is C13H15F2N3O. The number of rotatable bonds is 3. The van der Waals surface area contributed by atoms with Gasteiger partial charge in [-0.3, -0.25) is 10.2 Å². The van der Waals surface area contributed by atoms with Crippen molar-refractivity contribution in [3.63, 3.8) is 0 Å². The van der Waals surface area contributed by atoms with Crippen LogP contribution in [0.5, 0.6) is 0 Å². The van der Waals surface area contributed by atoms with Crippen LogP contribution in [-0.4, -0.2) is 24.7 Å².